The number of benzene rings is 1. The predicted octanol–water partition coefficient (Wildman–Crippen LogP) is 1.12. The van der Waals surface area contributed by atoms with Gasteiger partial charge in [0.15, 0.2) is 5.96 Å². The lowest BCUT2D eigenvalue weighted by Gasteiger charge is -2.31. The molecular weight excluding hydrogens is 320 g/mol. The minimum atomic E-state index is -0.562. The molecule has 0 bridgehead atoms. The fraction of sp³-hybridized carbons (Fsp3) is 0.556. The van der Waals surface area contributed by atoms with Crippen LogP contribution in [0.2, 0.25) is 0 Å². The lowest BCUT2D eigenvalue weighted by atomic mass is 10.1. The number of aliphatic imine (C=N–C) groups is 1. The smallest absolute Gasteiger partial charge is 0.409 e. The number of aliphatic hydroxyl groups is 1. The number of hydrogen-bond acceptors (Lipinski definition) is 4. The first-order valence-corrected chi connectivity index (χ1v) is 8.78. The Morgan fingerprint density at radius 3 is 2.72 bits per heavy atom. The highest BCUT2D eigenvalue weighted by Crippen LogP contribution is 2.11. The van der Waals surface area contributed by atoms with E-state index in [-0.39, 0.29) is 18.7 Å². The second kappa shape index (κ2) is 9.88. The molecule has 0 aromatic heterocycles. The number of nitrogens with one attached hydrogen (secondary N) is 1. The van der Waals surface area contributed by atoms with E-state index in [0.717, 1.165) is 18.4 Å². The molecule has 1 aliphatic heterocycles. The monoisotopic (exact) mass is 348 g/mol. The molecular formula is C18H28N4O3. The van der Waals surface area contributed by atoms with Crippen molar-refractivity contribution in [2.24, 2.45) is 10.7 Å². The minimum absolute atomic E-state index is 0.181. The van der Waals surface area contributed by atoms with Gasteiger partial charge < -0.3 is 25.8 Å². The number of likely N-dealkylation sites (tertiary alicyclic amines) is 1. The van der Waals surface area contributed by atoms with Crippen molar-refractivity contribution in [2.45, 2.75) is 38.3 Å². The van der Waals surface area contributed by atoms with E-state index in [1.54, 1.807) is 11.8 Å². The zero-order valence-electron chi connectivity index (χ0n) is 14.7. The van der Waals surface area contributed by atoms with Gasteiger partial charge in [-0.1, -0.05) is 30.3 Å². The van der Waals surface area contributed by atoms with Gasteiger partial charge in [0.2, 0.25) is 0 Å². The third kappa shape index (κ3) is 6.62. The van der Waals surface area contributed by atoms with Crippen LogP contribution in [-0.4, -0.2) is 60.4 Å². The number of rotatable bonds is 6. The van der Waals surface area contributed by atoms with E-state index in [1.165, 1.54) is 0 Å². The summed E-state index contributed by atoms with van der Waals surface area (Å²) in [4.78, 5) is 17.6. The predicted molar refractivity (Wildman–Crippen MR) is 97.4 cm³/mol. The summed E-state index contributed by atoms with van der Waals surface area (Å²) < 4.78 is 5.00. The Labute approximate surface area is 148 Å². The molecule has 1 aliphatic rings. The third-order valence-electron chi connectivity index (χ3n) is 4.16. The number of carbonyl (C=O) groups excluding carboxylic acids is 1. The molecule has 0 saturated carbocycles. The van der Waals surface area contributed by atoms with Gasteiger partial charge in [-0.2, -0.15) is 0 Å². The van der Waals surface area contributed by atoms with Crippen LogP contribution in [0.3, 0.4) is 0 Å². The number of amides is 1. The van der Waals surface area contributed by atoms with E-state index < -0.39 is 6.10 Å². The molecule has 2 rings (SSSR count). The van der Waals surface area contributed by atoms with Gasteiger partial charge in [0, 0.05) is 25.6 Å². The molecule has 7 heteroatoms. The van der Waals surface area contributed by atoms with Crippen LogP contribution in [0.5, 0.6) is 0 Å². The van der Waals surface area contributed by atoms with Gasteiger partial charge in [-0.15, -0.1) is 0 Å². The lowest BCUT2D eigenvalue weighted by molar-refractivity contribution is 0.0963. The zero-order chi connectivity index (χ0) is 18.1. The maximum Gasteiger partial charge on any atom is 0.409 e. The van der Waals surface area contributed by atoms with Crippen LogP contribution in [0.25, 0.3) is 0 Å². The number of piperidine rings is 1. The van der Waals surface area contributed by atoms with Crippen molar-refractivity contribution in [3.8, 4) is 0 Å². The van der Waals surface area contributed by atoms with Crippen molar-refractivity contribution in [1.82, 2.24) is 10.2 Å². The van der Waals surface area contributed by atoms with Crippen molar-refractivity contribution in [3.05, 3.63) is 35.9 Å². The van der Waals surface area contributed by atoms with E-state index >= 15 is 0 Å². The fourth-order valence-corrected chi connectivity index (χ4v) is 2.83. The van der Waals surface area contributed by atoms with Gasteiger partial charge in [-0.05, 0) is 25.3 Å². The van der Waals surface area contributed by atoms with E-state index in [2.05, 4.69) is 10.3 Å². The molecule has 1 aromatic rings. The van der Waals surface area contributed by atoms with Crippen LogP contribution < -0.4 is 11.1 Å². The second-order valence-corrected chi connectivity index (χ2v) is 6.17. The Bertz CT molecular complexity index is 557. The van der Waals surface area contributed by atoms with Gasteiger partial charge in [0.05, 0.1) is 19.3 Å². The number of ether oxygens (including phenoxy) is 1. The van der Waals surface area contributed by atoms with Gasteiger partial charge in [0.25, 0.3) is 0 Å². The second-order valence-electron chi connectivity index (χ2n) is 6.17. The first kappa shape index (κ1) is 19.1. The molecule has 1 heterocycles. The number of guanidine groups is 1. The molecule has 1 amide bonds. The van der Waals surface area contributed by atoms with Crippen LogP contribution >= 0.6 is 0 Å². The third-order valence-corrected chi connectivity index (χ3v) is 4.16. The average Bonchev–Trinajstić information content (AvgIpc) is 2.62. The Kier molecular flexibility index (Phi) is 7.53. The van der Waals surface area contributed by atoms with Crippen LogP contribution in [0.1, 0.15) is 25.3 Å². The molecule has 1 unspecified atom stereocenters. The highest BCUT2D eigenvalue weighted by atomic mass is 16.6. The van der Waals surface area contributed by atoms with Gasteiger partial charge >= 0.3 is 6.09 Å². The van der Waals surface area contributed by atoms with Crippen LogP contribution in [0, 0.1) is 0 Å². The summed E-state index contributed by atoms with van der Waals surface area (Å²) in [5.41, 5.74) is 6.98. The number of hydrogen-bond donors (Lipinski definition) is 3. The molecule has 1 saturated heterocycles. The maximum atomic E-state index is 11.7. The van der Waals surface area contributed by atoms with E-state index in [4.69, 9.17) is 10.5 Å². The van der Waals surface area contributed by atoms with Crippen LogP contribution in [0.15, 0.2) is 35.3 Å². The zero-order valence-corrected chi connectivity index (χ0v) is 14.7. The highest BCUT2D eigenvalue weighted by molar-refractivity contribution is 5.78. The molecule has 7 nitrogen and oxygen atoms in total. The summed E-state index contributed by atoms with van der Waals surface area (Å²) in [6, 6.07) is 9.98. The van der Waals surface area contributed by atoms with Crippen molar-refractivity contribution in [3.63, 3.8) is 0 Å². The molecule has 138 valence electrons. The van der Waals surface area contributed by atoms with Gasteiger partial charge in [0.1, 0.15) is 0 Å². The van der Waals surface area contributed by atoms with E-state index in [1.807, 2.05) is 30.3 Å². The normalized spacial score (nSPS) is 17.2. The molecule has 4 N–H and O–H groups in total. The van der Waals surface area contributed by atoms with Crippen molar-refractivity contribution in [1.29, 1.82) is 0 Å². The largest absolute Gasteiger partial charge is 0.450 e. The van der Waals surface area contributed by atoms with Gasteiger partial charge in [-0.25, -0.2) is 4.79 Å². The quantitative estimate of drug-likeness (QED) is 0.528. The molecule has 25 heavy (non-hydrogen) atoms. The van der Waals surface area contributed by atoms with Crippen molar-refractivity contribution < 1.29 is 14.6 Å². The molecule has 0 radical (unpaired) electrons. The summed E-state index contributed by atoms with van der Waals surface area (Å²) in [6.45, 7) is 3.73. The standard InChI is InChI=1S/C18H28N4O3/c1-2-25-18(24)22-10-8-15(9-11-22)21-17(19)20-13-16(23)12-14-6-4-3-5-7-14/h3-7,15-16,23H,2,8-13H2,1H3,(H3,19,20,21). The highest BCUT2D eigenvalue weighted by Gasteiger charge is 2.23. The van der Waals surface area contributed by atoms with Gasteiger partial charge in [-0.3, -0.25) is 4.99 Å². The molecule has 0 aliphatic carbocycles. The molecule has 1 aromatic carbocycles. The molecule has 1 atom stereocenters. The van der Waals surface area contributed by atoms with E-state index in [0.29, 0.717) is 32.1 Å². The molecule has 1 fully saturated rings. The Morgan fingerprint density at radius 1 is 1.40 bits per heavy atom. The first-order valence-electron chi connectivity index (χ1n) is 8.78. The summed E-state index contributed by atoms with van der Waals surface area (Å²) in [5, 5.41) is 13.2. The first-order chi connectivity index (χ1) is 12.1. The number of nitrogens with two attached hydrogens (primary N) is 1. The van der Waals surface area contributed by atoms with Crippen LogP contribution in [0.4, 0.5) is 4.79 Å². The topological polar surface area (TPSA) is 100 Å². The Balaban J connectivity index is 1.70. The number of nitrogens with zero attached hydrogens (tertiary/aromatic N) is 2. The Hall–Kier alpha value is -2.28. The number of aliphatic hydroxyl groups excluding tert-OH is 1. The lowest BCUT2D eigenvalue weighted by Crippen LogP contribution is -2.48. The fourth-order valence-electron chi connectivity index (χ4n) is 2.83. The van der Waals surface area contributed by atoms with Crippen molar-refractivity contribution >= 4 is 12.1 Å². The SMILES string of the molecule is CCOC(=O)N1CCC(NC(N)=NCC(O)Cc2ccccc2)CC1. The maximum absolute atomic E-state index is 11.7. The number of carbonyl (C=O) groups is 1. The summed E-state index contributed by atoms with van der Waals surface area (Å²) in [7, 11) is 0. The minimum Gasteiger partial charge on any atom is -0.450 e. The molecule has 0 spiro atoms. The van der Waals surface area contributed by atoms with Crippen LogP contribution in [-0.2, 0) is 11.2 Å². The van der Waals surface area contributed by atoms with E-state index in [9.17, 15) is 9.90 Å². The summed E-state index contributed by atoms with van der Waals surface area (Å²) in [5.74, 6) is 0.335. The summed E-state index contributed by atoms with van der Waals surface area (Å²) >= 11 is 0. The van der Waals surface area contributed by atoms with Crippen molar-refractivity contribution in [2.75, 3.05) is 26.2 Å². The average molecular weight is 348 g/mol. The summed E-state index contributed by atoms with van der Waals surface area (Å²) in [6.07, 6.45) is 1.32. The Morgan fingerprint density at radius 2 is 2.08 bits per heavy atom.